The van der Waals surface area contributed by atoms with Gasteiger partial charge in [-0.15, -0.1) is 0 Å². The van der Waals surface area contributed by atoms with Gasteiger partial charge >= 0.3 is 0 Å². The number of rotatable bonds is 3. The number of epoxide rings is 1. The van der Waals surface area contributed by atoms with E-state index in [1.807, 2.05) is 36.4 Å². The first-order valence-electron chi connectivity index (χ1n) is 8.13. The lowest BCUT2D eigenvalue weighted by molar-refractivity contribution is -0.0685. The van der Waals surface area contributed by atoms with E-state index in [0.29, 0.717) is 0 Å². The summed E-state index contributed by atoms with van der Waals surface area (Å²) in [6, 6.07) is 16.0. The molecular formula is C19H21NO2. The molecule has 1 aromatic carbocycles. The molecule has 0 spiro atoms. The Morgan fingerprint density at radius 1 is 0.955 bits per heavy atom. The third-order valence-corrected chi connectivity index (χ3v) is 5.15. The second-order valence-corrected chi connectivity index (χ2v) is 6.45. The SMILES string of the molecule is OC1([C@]2(c3ccccc3)O[C@@H]2c2ccccn2)CCCCC1. The maximum absolute atomic E-state index is 11.4. The van der Waals surface area contributed by atoms with Gasteiger partial charge in [0, 0.05) is 6.20 Å². The van der Waals surface area contributed by atoms with Gasteiger partial charge in [0.05, 0.1) is 5.69 Å². The van der Waals surface area contributed by atoms with Gasteiger partial charge in [0.15, 0.2) is 5.60 Å². The lowest BCUT2D eigenvalue weighted by Crippen LogP contribution is -2.45. The van der Waals surface area contributed by atoms with Crippen LogP contribution in [0.3, 0.4) is 0 Å². The molecule has 2 atom stereocenters. The van der Waals surface area contributed by atoms with Crippen LogP contribution in [0, 0.1) is 0 Å². The van der Waals surface area contributed by atoms with E-state index in [9.17, 15) is 5.11 Å². The maximum atomic E-state index is 11.4. The highest BCUT2D eigenvalue weighted by Gasteiger charge is 2.70. The third kappa shape index (κ3) is 2.00. The van der Waals surface area contributed by atoms with Crippen molar-refractivity contribution < 1.29 is 9.84 Å². The summed E-state index contributed by atoms with van der Waals surface area (Å²) in [6.07, 6.45) is 6.54. The fourth-order valence-corrected chi connectivity index (χ4v) is 3.99. The molecule has 114 valence electrons. The molecule has 0 bridgehead atoms. The highest BCUT2D eigenvalue weighted by Crippen LogP contribution is 2.65. The third-order valence-electron chi connectivity index (χ3n) is 5.15. The molecule has 1 saturated carbocycles. The number of pyridine rings is 1. The molecule has 22 heavy (non-hydrogen) atoms. The molecule has 3 heteroatoms. The van der Waals surface area contributed by atoms with Crippen LogP contribution < -0.4 is 0 Å². The highest BCUT2D eigenvalue weighted by atomic mass is 16.6. The van der Waals surface area contributed by atoms with Crippen LogP contribution in [0.25, 0.3) is 0 Å². The van der Waals surface area contributed by atoms with Gasteiger partial charge in [0.1, 0.15) is 11.7 Å². The van der Waals surface area contributed by atoms with Crippen molar-refractivity contribution in [1.29, 1.82) is 0 Å². The minimum atomic E-state index is -0.797. The molecule has 1 aliphatic heterocycles. The molecule has 1 aliphatic carbocycles. The first kappa shape index (κ1) is 13.9. The van der Waals surface area contributed by atoms with Gasteiger partial charge in [0.25, 0.3) is 0 Å². The summed E-state index contributed by atoms with van der Waals surface area (Å²) in [5.41, 5.74) is 0.540. The minimum Gasteiger partial charge on any atom is -0.386 e. The molecule has 4 rings (SSSR count). The number of ether oxygens (including phenoxy) is 1. The van der Waals surface area contributed by atoms with Crippen molar-refractivity contribution in [2.45, 2.75) is 49.4 Å². The standard InChI is InChI=1S/C19H21NO2/c21-18(12-6-2-7-13-18)19(15-9-3-1-4-10-15)17(22-19)16-11-5-8-14-20-16/h1,3-5,8-11,14,17,21H,2,6-7,12-13H2/t17-,19-/m1/s1. The monoisotopic (exact) mass is 295 g/mol. The zero-order valence-corrected chi connectivity index (χ0v) is 12.6. The Morgan fingerprint density at radius 2 is 1.68 bits per heavy atom. The van der Waals surface area contributed by atoms with E-state index in [2.05, 4.69) is 17.1 Å². The zero-order valence-electron chi connectivity index (χ0n) is 12.6. The first-order chi connectivity index (χ1) is 10.8. The van der Waals surface area contributed by atoms with Gasteiger partial charge in [0.2, 0.25) is 0 Å². The molecule has 2 fully saturated rings. The van der Waals surface area contributed by atoms with Crippen LogP contribution in [0.4, 0.5) is 0 Å². The largest absolute Gasteiger partial charge is 0.386 e. The van der Waals surface area contributed by atoms with Gasteiger partial charge in [-0.25, -0.2) is 0 Å². The second kappa shape index (κ2) is 5.18. The second-order valence-electron chi connectivity index (χ2n) is 6.45. The van der Waals surface area contributed by atoms with Gasteiger partial charge < -0.3 is 9.84 Å². The average molecular weight is 295 g/mol. The molecule has 3 nitrogen and oxygen atoms in total. The Hall–Kier alpha value is -1.71. The Morgan fingerprint density at radius 3 is 2.36 bits per heavy atom. The van der Waals surface area contributed by atoms with Crippen molar-refractivity contribution in [3.63, 3.8) is 0 Å². The first-order valence-corrected chi connectivity index (χ1v) is 8.13. The van der Waals surface area contributed by atoms with E-state index in [4.69, 9.17) is 4.74 Å². The van der Waals surface area contributed by atoms with Crippen molar-refractivity contribution in [3.05, 3.63) is 66.0 Å². The predicted octanol–water partition coefficient (Wildman–Crippen LogP) is 3.74. The normalized spacial score (nSPS) is 30.0. The number of aliphatic hydroxyl groups is 1. The summed E-state index contributed by atoms with van der Waals surface area (Å²) in [6.45, 7) is 0. The summed E-state index contributed by atoms with van der Waals surface area (Å²) in [7, 11) is 0. The van der Waals surface area contributed by atoms with Crippen molar-refractivity contribution in [3.8, 4) is 0 Å². The predicted molar refractivity (Wildman–Crippen MR) is 84.2 cm³/mol. The summed E-state index contributed by atoms with van der Waals surface area (Å²) in [5, 5.41) is 11.4. The minimum absolute atomic E-state index is 0.154. The summed E-state index contributed by atoms with van der Waals surface area (Å²) in [4.78, 5) is 4.45. The van der Waals surface area contributed by atoms with Crippen molar-refractivity contribution >= 4 is 0 Å². The Labute approximate surface area is 131 Å². The Balaban J connectivity index is 1.78. The molecule has 2 aromatic rings. The van der Waals surface area contributed by atoms with Gasteiger partial charge in [-0.3, -0.25) is 4.98 Å². The van der Waals surface area contributed by atoms with Crippen LogP contribution in [-0.2, 0) is 10.3 Å². The Bertz CT molecular complexity index is 637. The van der Waals surface area contributed by atoms with Crippen LogP contribution in [0.2, 0.25) is 0 Å². The number of aromatic nitrogens is 1. The molecule has 0 amide bonds. The molecule has 1 N–H and O–H groups in total. The lowest BCUT2D eigenvalue weighted by atomic mass is 9.70. The maximum Gasteiger partial charge on any atom is 0.154 e. The lowest BCUT2D eigenvalue weighted by Gasteiger charge is -2.38. The van der Waals surface area contributed by atoms with Crippen LogP contribution in [0.15, 0.2) is 54.7 Å². The van der Waals surface area contributed by atoms with Crippen LogP contribution >= 0.6 is 0 Å². The number of nitrogens with zero attached hydrogens (tertiary/aromatic N) is 1. The van der Waals surface area contributed by atoms with E-state index in [1.54, 1.807) is 6.20 Å². The molecule has 2 heterocycles. The van der Waals surface area contributed by atoms with Gasteiger partial charge in [-0.1, -0.05) is 55.7 Å². The van der Waals surface area contributed by atoms with E-state index in [1.165, 1.54) is 6.42 Å². The fraction of sp³-hybridized carbons (Fsp3) is 0.421. The molecule has 2 aliphatic rings. The summed E-state index contributed by atoms with van der Waals surface area (Å²) >= 11 is 0. The van der Waals surface area contributed by atoms with Crippen molar-refractivity contribution in [2.24, 2.45) is 0 Å². The number of hydrogen-bond donors (Lipinski definition) is 1. The summed E-state index contributed by atoms with van der Waals surface area (Å²) in [5.74, 6) is 0. The van der Waals surface area contributed by atoms with Crippen molar-refractivity contribution in [1.82, 2.24) is 4.98 Å². The molecular weight excluding hydrogens is 274 g/mol. The van der Waals surface area contributed by atoms with Gasteiger partial charge in [-0.05, 0) is 30.5 Å². The summed E-state index contributed by atoms with van der Waals surface area (Å²) < 4.78 is 6.21. The Kier molecular flexibility index (Phi) is 3.28. The smallest absolute Gasteiger partial charge is 0.154 e. The van der Waals surface area contributed by atoms with E-state index in [-0.39, 0.29) is 6.10 Å². The number of hydrogen-bond acceptors (Lipinski definition) is 3. The van der Waals surface area contributed by atoms with Crippen LogP contribution in [0.1, 0.15) is 49.5 Å². The molecule has 0 radical (unpaired) electrons. The molecule has 1 aromatic heterocycles. The molecule has 1 saturated heterocycles. The fourth-order valence-electron chi connectivity index (χ4n) is 3.99. The zero-order chi connectivity index (χ0) is 15.0. The van der Waals surface area contributed by atoms with E-state index in [0.717, 1.165) is 36.9 Å². The van der Waals surface area contributed by atoms with E-state index >= 15 is 0 Å². The van der Waals surface area contributed by atoms with Crippen molar-refractivity contribution in [2.75, 3.05) is 0 Å². The van der Waals surface area contributed by atoms with Crippen LogP contribution in [-0.4, -0.2) is 15.7 Å². The number of benzene rings is 1. The van der Waals surface area contributed by atoms with Gasteiger partial charge in [-0.2, -0.15) is 0 Å². The quantitative estimate of drug-likeness (QED) is 0.877. The van der Waals surface area contributed by atoms with Crippen LogP contribution in [0.5, 0.6) is 0 Å². The highest BCUT2D eigenvalue weighted by molar-refractivity contribution is 5.38. The average Bonchev–Trinajstić information content (AvgIpc) is 3.35. The topological polar surface area (TPSA) is 45.6 Å². The molecule has 0 unspecified atom stereocenters. The van der Waals surface area contributed by atoms with E-state index < -0.39 is 11.2 Å².